The Kier molecular flexibility index (Phi) is 5.39. The third-order valence-corrected chi connectivity index (χ3v) is 3.74. The van der Waals surface area contributed by atoms with Gasteiger partial charge in [-0.25, -0.2) is 4.79 Å². The molecule has 1 aromatic heterocycles. The molecule has 0 spiro atoms. The van der Waals surface area contributed by atoms with Gasteiger partial charge in [-0.3, -0.25) is 9.78 Å². The lowest BCUT2D eigenvalue weighted by molar-refractivity contribution is 0.0472. The number of ether oxygens (including phenoxy) is 1. The van der Waals surface area contributed by atoms with Crippen molar-refractivity contribution in [3.63, 3.8) is 0 Å². The van der Waals surface area contributed by atoms with Crippen LogP contribution in [0, 0.1) is 6.92 Å². The van der Waals surface area contributed by atoms with E-state index in [0.29, 0.717) is 16.8 Å². The number of nitrogens with one attached hydrogen (secondary N) is 1. The van der Waals surface area contributed by atoms with Crippen LogP contribution in [0.2, 0.25) is 0 Å². The molecule has 0 radical (unpaired) electrons. The molecular formula is C21H18N2O3. The van der Waals surface area contributed by atoms with Crippen molar-refractivity contribution in [2.45, 2.75) is 13.5 Å². The van der Waals surface area contributed by atoms with Crippen molar-refractivity contribution in [3.8, 4) is 0 Å². The van der Waals surface area contributed by atoms with Crippen LogP contribution in [0.1, 0.15) is 32.0 Å². The monoisotopic (exact) mass is 346 g/mol. The molecule has 0 atom stereocenters. The number of benzene rings is 2. The molecule has 3 rings (SSSR count). The molecule has 1 heterocycles. The first-order chi connectivity index (χ1) is 12.6. The van der Waals surface area contributed by atoms with E-state index in [1.807, 2.05) is 37.3 Å². The molecule has 0 aliphatic rings. The summed E-state index contributed by atoms with van der Waals surface area (Å²) in [6.45, 7) is 2.05. The Balaban J connectivity index is 1.64. The molecule has 5 nitrogen and oxygen atoms in total. The lowest BCUT2D eigenvalue weighted by Gasteiger charge is -2.08. The Morgan fingerprint density at radius 2 is 1.77 bits per heavy atom. The van der Waals surface area contributed by atoms with Gasteiger partial charge < -0.3 is 10.1 Å². The van der Waals surface area contributed by atoms with Gasteiger partial charge in [0.05, 0.1) is 11.1 Å². The number of aryl methyl sites for hydroxylation is 1. The molecular weight excluding hydrogens is 328 g/mol. The Bertz CT molecular complexity index is 906. The number of anilines is 1. The van der Waals surface area contributed by atoms with Crippen LogP contribution in [0.15, 0.2) is 72.9 Å². The van der Waals surface area contributed by atoms with Gasteiger partial charge in [-0.15, -0.1) is 0 Å². The number of carbonyl (C=O) groups is 2. The van der Waals surface area contributed by atoms with Crippen molar-refractivity contribution in [1.29, 1.82) is 0 Å². The molecule has 3 aromatic rings. The third-order valence-electron chi connectivity index (χ3n) is 3.74. The molecule has 0 aliphatic carbocycles. The maximum Gasteiger partial charge on any atom is 0.338 e. The van der Waals surface area contributed by atoms with Gasteiger partial charge in [0.25, 0.3) is 5.91 Å². The minimum atomic E-state index is -0.443. The largest absolute Gasteiger partial charge is 0.457 e. The summed E-state index contributed by atoms with van der Waals surface area (Å²) in [6.07, 6.45) is 1.52. The highest BCUT2D eigenvalue weighted by Crippen LogP contribution is 2.14. The summed E-state index contributed by atoms with van der Waals surface area (Å²) in [5, 5.41) is 2.76. The van der Waals surface area contributed by atoms with Crippen molar-refractivity contribution >= 4 is 17.6 Å². The SMILES string of the molecule is Cc1ccc(C(=O)Nc2cccc(C(=O)OCc3ccccc3)c2)cn1. The van der Waals surface area contributed by atoms with Crippen LogP contribution in [0.25, 0.3) is 0 Å². The zero-order valence-electron chi connectivity index (χ0n) is 14.3. The molecule has 0 unspecified atom stereocenters. The van der Waals surface area contributed by atoms with E-state index in [2.05, 4.69) is 10.3 Å². The second kappa shape index (κ2) is 8.07. The molecule has 2 aromatic carbocycles. The summed E-state index contributed by atoms with van der Waals surface area (Å²) in [6, 6.07) is 19.6. The van der Waals surface area contributed by atoms with Gasteiger partial charge in [0.1, 0.15) is 6.61 Å². The molecule has 0 bridgehead atoms. The van der Waals surface area contributed by atoms with Gasteiger partial charge in [0, 0.05) is 17.6 Å². The maximum absolute atomic E-state index is 12.2. The van der Waals surface area contributed by atoms with E-state index in [1.54, 1.807) is 36.4 Å². The molecule has 130 valence electrons. The molecule has 0 saturated heterocycles. The number of nitrogens with zero attached hydrogens (tertiary/aromatic N) is 1. The van der Waals surface area contributed by atoms with Crippen LogP contribution in [-0.4, -0.2) is 16.9 Å². The van der Waals surface area contributed by atoms with E-state index >= 15 is 0 Å². The van der Waals surface area contributed by atoms with Gasteiger partial charge in [-0.2, -0.15) is 0 Å². The molecule has 26 heavy (non-hydrogen) atoms. The molecule has 0 fully saturated rings. The molecule has 5 heteroatoms. The van der Waals surface area contributed by atoms with E-state index in [0.717, 1.165) is 11.3 Å². The summed E-state index contributed by atoms with van der Waals surface area (Å²) >= 11 is 0. The van der Waals surface area contributed by atoms with Crippen LogP contribution >= 0.6 is 0 Å². The van der Waals surface area contributed by atoms with Gasteiger partial charge in [-0.1, -0.05) is 36.4 Å². The number of hydrogen-bond acceptors (Lipinski definition) is 4. The summed E-state index contributed by atoms with van der Waals surface area (Å²) in [4.78, 5) is 28.6. The summed E-state index contributed by atoms with van der Waals surface area (Å²) in [7, 11) is 0. The number of rotatable bonds is 5. The number of carbonyl (C=O) groups excluding carboxylic acids is 2. The predicted molar refractivity (Wildman–Crippen MR) is 98.9 cm³/mol. The Morgan fingerprint density at radius 3 is 2.50 bits per heavy atom. The molecule has 0 aliphatic heterocycles. The Labute approximate surface area is 151 Å². The fourth-order valence-electron chi connectivity index (χ4n) is 2.34. The van der Waals surface area contributed by atoms with Crippen LogP contribution in [0.3, 0.4) is 0 Å². The molecule has 1 amide bonds. The zero-order chi connectivity index (χ0) is 18.4. The highest BCUT2D eigenvalue weighted by Gasteiger charge is 2.11. The average Bonchev–Trinajstić information content (AvgIpc) is 2.67. The lowest BCUT2D eigenvalue weighted by Crippen LogP contribution is -2.13. The number of amides is 1. The third kappa shape index (κ3) is 4.54. The number of aromatic nitrogens is 1. The van der Waals surface area contributed by atoms with Gasteiger partial charge in [0.15, 0.2) is 0 Å². The Hall–Kier alpha value is -3.47. The second-order valence-corrected chi connectivity index (χ2v) is 5.78. The average molecular weight is 346 g/mol. The summed E-state index contributed by atoms with van der Waals surface area (Å²) in [5.74, 6) is -0.728. The van der Waals surface area contributed by atoms with Gasteiger partial charge in [-0.05, 0) is 42.8 Å². The molecule has 1 N–H and O–H groups in total. The van der Waals surface area contributed by atoms with Crippen LogP contribution in [-0.2, 0) is 11.3 Å². The number of hydrogen-bond donors (Lipinski definition) is 1. The van der Waals surface area contributed by atoms with Gasteiger partial charge >= 0.3 is 5.97 Å². The molecule has 0 saturated carbocycles. The van der Waals surface area contributed by atoms with E-state index in [9.17, 15) is 9.59 Å². The second-order valence-electron chi connectivity index (χ2n) is 5.78. The quantitative estimate of drug-likeness (QED) is 0.709. The van der Waals surface area contributed by atoms with E-state index in [1.165, 1.54) is 6.20 Å². The smallest absolute Gasteiger partial charge is 0.338 e. The van der Waals surface area contributed by atoms with Crippen LogP contribution in [0.4, 0.5) is 5.69 Å². The van der Waals surface area contributed by atoms with Crippen molar-refractivity contribution in [1.82, 2.24) is 4.98 Å². The van der Waals surface area contributed by atoms with Crippen molar-refractivity contribution in [3.05, 3.63) is 95.3 Å². The van der Waals surface area contributed by atoms with Crippen molar-refractivity contribution in [2.24, 2.45) is 0 Å². The van der Waals surface area contributed by atoms with Crippen LogP contribution < -0.4 is 5.32 Å². The van der Waals surface area contributed by atoms with Gasteiger partial charge in [0.2, 0.25) is 0 Å². The first kappa shape index (κ1) is 17.4. The van der Waals surface area contributed by atoms with E-state index < -0.39 is 5.97 Å². The fourth-order valence-corrected chi connectivity index (χ4v) is 2.34. The first-order valence-electron chi connectivity index (χ1n) is 8.17. The predicted octanol–water partition coefficient (Wildman–Crippen LogP) is 4.00. The maximum atomic E-state index is 12.2. The van der Waals surface area contributed by atoms with Crippen LogP contribution in [0.5, 0.6) is 0 Å². The van der Waals surface area contributed by atoms with E-state index in [4.69, 9.17) is 4.74 Å². The minimum Gasteiger partial charge on any atom is -0.457 e. The lowest BCUT2D eigenvalue weighted by atomic mass is 10.2. The topological polar surface area (TPSA) is 68.3 Å². The number of pyridine rings is 1. The normalized spacial score (nSPS) is 10.2. The highest BCUT2D eigenvalue weighted by molar-refractivity contribution is 6.04. The zero-order valence-corrected chi connectivity index (χ0v) is 14.3. The summed E-state index contributed by atoms with van der Waals surface area (Å²) in [5.41, 5.74) is 3.10. The fraction of sp³-hybridized carbons (Fsp3) is 0.0952. The van der Waals surface area contributed by atoms with Crippen molar-refractivity contribution in [2.75, 3.05) is 5.32 Å². The Morgan fingerprint density at radius 1 is 0.962 bits per heavy atom. The standard InChI is InChI=1S/C21H18N2O3/c1-15-10-11-18(13-22-15)20(24)23-19-9-5-8-17(12-19)21(25)26-14-16-6-3-2-4-7-16/h2-13H,14H2,1H3,(H,23,24). The van der Waals surface area contributed by atoms with E-state index in [-0.39, 0.29) is 12.5 Å². The number of esters is 1. The minimum absolute atomic E-state index is 0.200. The first-order valence-corrected chi connectivity index (χ1v) is 8.17. The van der Waals surface area contributed by atoms with Crippen molar-refractivity contribution < 1.29 is 14.3 Å². The highest BCUT2D eigenvalue weighted by atomic mass is 16.5. The summed E-state index contributed by atoms with van der Waals surface area (Å²) < 4.78 is 5.31.